The van der Waals surface area contributed by atoms with Crippen molar-refractivity contribution in [3.63, 3.8) is 0 Å². The third kappa shape index (κ3) is 3.53. The number of hydrogen-bond donors (Lipinski definition) is 1. The Labute approximate surface area is 134 Å². The molecule has 0 bridgehead atoms. The summed E-state index contributed by atoms with van der Waals surface area (Å²) < 4.78 is 27.6. The van der Waals surface area contributed by atoms with Crippen LogP contribution in [0.5, 0.6) is 0 Å². The summed E-state index contributed by atoms with van der Waals surface area (Å²) in [5.74, 6) is 0.198. The molecule has 1 fully saturated rings. The zero-order valence-electron chi connectivity index (χ0n) is 13.9. The number of aliphatic hydroxyl groups excluding tert-OH is 1. The highest BCUT2D eigenvalue weighted by atomic mass is 32.2. The molecule has 1 aliphatic rings. The minimum Gasteiger partial charge on any atom is -0.393 e. The summed E-state index contributed by atoms with van der Waals surface area (Å²) >= 11 is 0. The molecule has 1 heterocycles. The van der Waals surface area contributed by atoms with Crippen LogP contribution in [0.3, 0.4) is 0 Å². The van der Waals surface area contributed by atoms with Crippen LogP contribution in [-0.2, 0) is 15.4 Å². The SMILES string of the molecule is CC(O)C1CCN(S(=O)(=O)c2ccccc2C(C)(C)C)CC1. The van der Waals surface area contributed by atoms with Gasteiger partial charge < -0.3 is 5.11 Å². The average Bonchev–Trinajstić information content (AvgIpc) is 2.46. The van der Waals surface area contributed by atoms with Crippen LogP contribution in [0.4, 0.5) is 0 Å². The Morgan fingerprint density at radius 3 is 2.23 bits per heavy atom. The van der Waals surface area contributed by atoms with Crippen molar-refractivity contribution in [1.29, 1.82) is 0 Å². The van der Waals surface area contributed by atoms with Crippen LogP contribution in [0.15, 0.2) is 29.2 Å². The van der Waals surface area contributed by atoms with Gasteiger partial charge in [0.2, 0.25) is 10.0 Å². The lowest BCUT2D eigenvalue weighted by Crippen LogP contribution is -2.41. The van der Waals surface area contributed by atoms with Gasteiger partial charge in [-0.25, -0.2) is 8.42 Å². The van der Waals surface area contributed by atoms with E-state index in [4.69, 9.17) is 0 Å². The maximum atomic E-state index is 13.0. The smallest absolute Gasteiger partial charge is 0.243 e. The minimum absolute atomic E-state index is 0.198. The first-order valence-corrected chi connectivity index (χ1v) is 9.36. The highest BCUT2D eigenvalue weighted by Crippen LogP contribution is 2.32. The fourth-order valence-electron chi connectivity index (χ4n) is 3.05. The number of sulfonamides is 1. The molecule has 0 aliphatic carbocycles. The first-order chi connectivity index (χ1) is 10.1. The molecule has 124 valence electrons. The van der Waals surface area contributed by atoms with Crippen LogP contribution in [0, 0.1) is 5.92 Å². The molecule has 1 N–H and O–H groups in total. The number of rotatable bonds is 3. The van der Waals surface area contributed by atoms with Gasteiger partial charge >= 0.3 is 0 Å². The molecule has 0 spiro atoms. The Balaban J connectivity index is 2.30. The van der Waals surface area contributed by atoms with Gasteiger partial charge in [0.05, 0.1) is 11.0 Å². The van der Waals surface area contributed by atoms with Crippen molar-refractivity contribution in [2.75, 3.05) is 13.1 Å². The van der Waals surface area contributed by atoms with Gasteiger partial charge in [-0.3, -0.25) is 0 Å². The van der Waals surface area contributed by atoms with Crippen molar-refractivity contribution in [3.05, 3.63) is 29.8 Å². The van der Waals surface area contributed by atoms with Crippen molar-refractivity contribution < 1.29 is 13.5 Å². The largest absolute Gasteiger partial charge is 0.393 e. The van der Waals surface area contributed by atoms with Gasteiger partial charge in [-0.15, -0.1) is 0 Å². The van der Waals surface area contributed by atoms with Crippen LogP contribution in [-0.4, -0.2) is 37.0 Å². The van der Waals surface area contributed by atoms with Crippen molar-refractivity contribution in [2.24, 2.45) is 5.92 Å². The van der Waals surface area contributed by atoms with E-state index in [0.717, 1.165) is 5.56 Å². The molecular formula is C17H27NO3S. The number of piperidine rings is 1. The van der Waals surface area contributed by atoms with Crippen molar-refractivity contribution in [3.8, 4) is 0 Å². The van der Waals surface area contributed by atoms with Gasteiger partial charge in [0.15, 0.2) is 0 Å². The van der Waals surface area contributed by atoms with Gasteiger partial charge in [-0.2, -0.15) is 4.31 Å². The molecule has 0 saturated carbocycles. The number of hydrogen-bond acceptors (Lipinski definition) is 3. The summed E-state index contributed by atoms with van der Waals surface area (Å²) in [6, 6.07) is 7.27. The third-order valence-electron chi connectivity index (χ3n) is 4.49. The molecule has 5 heteroatoms. The maximum Gasteiger partial charge on any atom is 0.243 e. The Bertz CT molecular complexity index is 609. The first kappa shape index (κ1) is 17.4. The molecule has 22 heavy (non-hydrogen) atoms. The maximum absolute atomic E-state index is 13.0. The Hall–Kier alpha value is -0.910. The Kier molecular flexibility index (Phi) is 5.00. The lowest BCUT2D eigenvalue weighted by atomic mass is 9.87. The second-order valence-electron chi connectivity index (χ2n) is 7.23. The van der Waals surface area contributed by atoms with E-state index in [1.807, 2.05) is 32.9 Å². The second-order valence-corrected chi connectivity index (χ2v) is 9.13. The van der Waals surface area contributed by atoms with Crippen molar-refractivity contribution in [2.45, 2.75) is 57.0 Å². The van der Waals surface area contributed by atoms with Crippen LogP contribution in [0.2, 0.25) is 0 Å². The molecule has 1 saturated heterocycles. The van der Waals surface area contributed by atoms with Crippen LogP contribution >= 0.6 is 0 Å². The second kappa shape index (κ2) is 6.30. The molecule has 0 amide bonds. The summed E-state index contributed by atoms with van der Waals surface area (Å²) in [6.45, 7) is 8.83. The molecule has 1 unspecified atom stereocenters. The Morgan fingerprint density at radius 2 is 1.73 bits per heavy atom. The van der Waals surface area contributed by atoms with E-state index >= 15 is 0 Å². The number of nitrogens with zero attached hydrogens (tertiary/aromatic N) is 1. The molecule has 1 atom stereocenters. The molecule has 1 aliphatic heterocycles. The van der Waals surface area contributed by atoms with E-state index in [1.54, 1.807) is 23.4 Å². The monoisotopic (exact) mass is 325 g/mol. The van der Waals surface area contributed by atoms with Gasteiger partial charge in [0, 0.05) is 13.1 Å². The zero-order valence-corrected chi connectivity index (χ0v) is 14.7. The molecular weight excluding hydrogens is 298 g/mol. The molecule has 1 aromatic rings. The predicted octanol–water partition coefficient (Wildman–Crippen LogP) is 2.77. The topological polar surface area (TPSA) is 57.6 Å². The molecule has 4 nitrogen and oxygen atoms in total. The summed E-state index contributed by atoms with van der Waals surface area (Å²) in [5.41, 5.74) is 0.634. The highest BCUT2D eigenvalue weighted by molar-refractivity contribution is 7.89. The van der Waals surface area contributed by atoms with E-state index in [-0.39, 0.29) is 17.4 Å². The molecule has 0 radical (unpaired) electrons. The fraction of sp³-hybridized carbons (Fsp3) is 0.647. The van der Waals surface area contributed by atoms with Crippen LogP contribution in [0.25, 0.3) is 0 Å². The lowest BCUT2D eigenvalue weighted by Gasteiger charge is -2.33. The standard InChI is InChI=1S/C17H27NO3S/c1-13(19)14-9-11-18(12-10-14)22(20,21)16-8-6-5-7-15(16)17(2,3)4/h5-8,13-14,19H,9-12H2,1-4H3. The number of benzene rings is 1. The molecule has 1 aromatic carbocycles. The number of aliphatic hydroxyl groups is 1. The summed E-state index contributed by atoms with van der Waals surface area (Å²) in [4.78, 5) is 0.415. The summed E-state index contributed by atoms with van der Waals surface area (Å²) in [7, 11) is -3.47. The van der Waals surface area contributed by atoms with Crippen LogP contribution in [0.1, 0.15) is 46.1 Å². The third-order valence-corrected chi connectivity index (χ3v) is 6.45. The van der Waals surface area contributed by atoms with E-state index in [0.29, 0.717) is 30.8 Å². The van der Waals surface area contributed by atoms with Crippen molar-refractivity contribution in [1.82, 2.24) is 4.31 Å². The molecule has 0 aromatic heterocycles. The van der Waals surface area contributed by atoms with E-state index < -0.39 is 10.0 Å². The predicted molar refractivity (Wildman–Crippen MR) is 88.3 cm³/mol. The normalized spacial score (nSPS) is 20.0. The van der Waals surface area contributed by atoms with E-state index in [2.05, 4.69) is 0 Å². The Morgan fingerprint density at radius 1 is 1.18 bits per heavy atom. The summed E-state index contributed by atoms with van der Waals surface area (Å²) in [5, 5.41) is 9.67. The minimum atomic E-state index is -3.47. The lowest BCUT2D eigenvalue weighted by molar-refractivity contribution is 0.0912. The van der Waals surface area contributed by atoms with E-state index in [9.17, 15) is 13.5 Å². The first-order valence-electron chi connectivity index (χ1n) is 7.92. The zero-order chi connectivity index (χ0) is 16.5. The quantitative estimate of drug-likeness (QED) is 0.929. The van der Waals surface area contributed by atoms with Gasteiger partial charge in [-0.05, 0) is 42.7 Å². The van der Waals surface area contributed by atoms with Crippen molar-refractivity contribution >= 4 is 10.0 Å². The van der Waals surface area contributed by atoms with E-state index in [1.165, 1.54) is 0 Å². The molecule has 2 rings (SSSR count). The van der Waals surface area contributed by atoms with Gasteiger partial charge in [-0.1, -0.05) is 39.0 Å². The van der Waals surface area contributed by atoms with Gasteiger partial charge in [0.1, 0.15) is 0 Å². The fourth-order valence-corrected chi connectivity index (χ4v) is 4.92. The summed E-state index contributed by atoms with van der Waals surface area (Å²) in [6.07, 6.45) is 1.06. The highest BCUT2D eigenvalue weighted by Gasteiger charge is 2.33. The average molecular weight is 325 g/mol. The van der Waals surface area contributed by atoms with Gasteiger partial charge in [0.25, 0.3) is 0 Å². The van der Waals surface area contributed by atoms with Crippen LogP contribution < -0.4 is 0 Å².